The van der Waals surface area contributed by atoms with Gasteiger partial charge in [0.1, 0.15) is 0 Å². The molecule has 3 nitrogen and oxygen atoms in total. The van der Waals surface area contributed by atoms with Crippen LogP contribution in [-0.2, 0) is 12.4 Å². The predicted octanol–water partition coefficient (Wildman–Crippen LogP) is 4.10. The van der Waals surface area contributed by atoms with Crippen molar-refractivity contribution in [1.29, 1.82) is 0 Å². The molecule has 0 bridgehead atoms. The summed E-state index contributed by atoms with van der Waals surface area (Å²) in [6, 6.07) is 0.544. The van der Waals surface area contributed by atoms with E-state index in [1.807, 2.05) is 0 Å². The first-order chi connectivity index (χ1) is 11.0. The van der Waals surface area contributed by atoms with E-state index in [2.05, 4.69) is 0 Å². The van der Waals surface area contributed by atoms with E-state index in [-0.39, 0.29) is 37.6 Å². The standard InChI is InChI=1S/C15H16F6N2O.ClH/c16-14(17,18)10-5-9(6-11(7-10)15(19,20)21)13(24)23-4-2-1-3-12(23)8-22;/h5-7,12H,1-4,8,22H2;1H. The third kappa shape index (κ3) is 5.01. The molecule has 142 valence electrons. The van der Waals surface area contributed by atoms with E-state index in [1.165, 1.54) is 4.90 Å². The summed E-state index contributed by atoms with van der Waals surface area (Å²) >= 11 is 0. The molecule has 0 radical (unpaired) electrons. The number of halogens is 7. The van der Waals surface area contributed by atoms with Crippen molar-refractivity contribution in [3.8, 4) is 0 Å². The van der Waals surface area contributed by atoms with Crippen molar-refractivity contribution >= 4 is 18.3 Å². The molecule has 1 aliphatic heterocycles. The third-order valence-corrected chi connectivity index (χ3v) is 3.99. The van der Waals surface area contributed by atoms with Gasteiger partial charge >= 0.3 is 12.4 Å². The molecule has 0 spiro atoms. The van der Waals surface area contributed by atoms with Gasteiger partial charge in [-0.05, 0) is 37.5 Å². The van der Waals surface area contributed by atoms with Crippen molar-refractivity contribution in [2.75, 3.05) is 13.1 Å². The summed E-state index contributed by atoms with van der Waals surface area (Å²) < 4.78 is 77.2. The SMILES string of the molecule is Cl.NCC1CCCCN1C(=O)c1cc(C(F)(F)F)cc(C(F)(F)F)c1. The Hall–Kier alpha value is -1.48. The van der Waals surface area contributed by atoms with Gasteiger partial charge in [0.25, 0.3) is 5.91 Å². The van der Waals surface area contributed by atoms with E-state index < -0.39 is 35.0 Å². The van der Waals surface area contributed by atoms with Crippen LogP contribution >= 0.6 is 12.4 Å². The Morgan fingerprint density at radius 2 is 1.56 bits per heavy atom. The molecule has 1 unspecified atom stereocenters. The largest absolute Gasteiger partial charge is 0.416 e. The molecule has 25 heavy (non-hydrogen) atoms. The lowest BCUT2D eigenvalue weighted by Crippen LogP contribution is -2.47. The first-order valence-corrected chi connectivity index (χ1v) is 7.34. The number of piperidine rings is 1. The Balaban J connectivity index is 0.00000312. The lowest BCUT2D eigenvalue weighted by molar-refractivity contribution is -0.143. The summed E-state index contributed by atoms with van der Waals surface area (Å²) in [6.07, 6.45) is -7.94. The summed E-state index contributed by atoms with van der Waals surface area (Å²) in [7, 11) is 0. The van der Waals surface area contributed by atoms with Crippen molar-refractivity contribution in [3.05, 3.63) is 34.9 Å². The van der Waals surface area contributed by atoms with E-state index in [0.29, 0.717) is 25.0 Å². The zero-order chi connectivity index (χ0) is 18.1. The third-order valence-electron chi connectivity index (χ3n) is 3.99. The van der Waals surface area contributed by atoms with Gasteiger partial charge in [-0.25, -0.2) is 0 Å². The second-order valence-corrected chi connectivity index (χ2v) is 5.68. The minimum absolute atomic E-state index is 0. The molecule has 0 saturated carbocycles. The summed E-state index contributed by atoms with van der Waals surface area (Å²) in [6.45, 7) is 0.370. The number of likely N-dealkylation sites (tertiary alicyclic amines) is 1. The zero-order valence-electron chi connectivity index (χ0n) is 13.0. The smallest absolute Gasteiger partial charge is 0.334 e. The average molecular weight is 391 g/mol. The fourth-order valence-corrected chi connectivity index (χ4v) is 2.76. The highest BCUT2D eigenvalue weighted by atomic mass is 35.5. The van der Waals surface area contributed by atoms with Crippen molar-refractivity contribution in [1.82, 2.24) is 4.90 Å². The van der Waals surface area contributed by atoms with Crippen LogP contribution in [0.25, 0.3) is 0 Å². The Morgan fingerprint density at radius 3 is 2.00 bits per heavy atom. The van der Waals surface area contributed by atoms with Gasteiger partial charge in [-0.15, -0.1) is 12.4 Å². The van der Waals surface area contributed by atoms with Crippen molar-refractivity contribution < 1.29 is 31.1 Å². The number of nitrogens with zero attached hydrogens (tertiary/aromatic N) is 1. The molecule has 0 aromatic heterocycles. The van der Waals surface area contributed by atoms with Crippen LogP contribution in [0.5, 0.6) is 0 Å². The van der Waals surface area contributed by atoms with Crippen LogP contribution in [0.4, 0.5) is 26.3 Å². The van der Waals surface area contributed by atoms with Crippen LogP contribution in [0.3, 0.4) is 0 Å². The number of rotatable bonds is 2. The van der Waals surface area contributed by atoms with E-state index in [1.54, 1.807) is 0 Å². The zero-order valence-corrected chi connectivity index (χ0v) is 13.8. The molecule has 1 amide bonds. The second-order valence-electron chi connectivity index (χ2n) is 5.68. The Labute approximate surface area is 146 Å². The molecule has 1 aromatic rings. The molecule has 1 aromatic carbocycles. The first-order valence-electron chi connectivity index (χ1n) is 7.34. The van der Waals surface area contributed by atoms with Gasteiger partial charge in [0.2, 0.25) is 0 Å². The molecular formula is C15H17ClF6N2O. The molecule has 2 N–H and O–H groups in total. The fraction of sp³-hybridized carbons (Fsp3) is 0.533. The van der Waals surface area contributed by atoms with Crippen LogP contribution in [-0.4, -0.2) is 29.9 Å². The molecule has 10 heteroatoms. The molecule has 1 aliphatic rings. The van der Waals surface area contributed by atoms with Gasteiger partial charge in [-0.3, -0.25) is 4.79 Å². The first kappa shape index (κ1) is 21.6. The maximum atomic E-state index is 12.9. The van der Waals surface area contributed by atoms with Gasteiger partial charge in [0.15, 0.2) is 0 Å². The Bertz CT molecular complexity index is 585. The minimum atomic E-state index is -4.98. The minimum Gasteiger partial charge on any atom is -0.334 e. The van der Waals surface area contributed by atoms with Crippen molar-refractivity contribution in [2.45, 2.75) is 37.7 Å². The number of alkyl halides is 6. The molecular weight excluding hydrogens is 374 g/mol. The Morgan fingerprint density at radius 1 is 1.04 bits per heavy atom. The highest BCUT2D eigenvalue weighted by molar-refractivity contribution is 5.95. The maximum Gasteiger partial charge on any atom is 0.416 e. The van der Waals surface area contributed by atoms with Crippen molar-refractivity contribution in [2.24, 2.45) is 5.73 Å². The lowest BCUT2D eigenvalue weighted by Gasteiger charge is -2.35. The number of benzene rings is 1. The number of hydrogen-bond donors (Lipinski definition) is 1. The highest BCUT2D eigenvalue weighted by Gasteiger charge is 2.38. The number of amides is 1. The van der Waals surface area contributed by atoms with Gasteiger partial charge < -0.3 is 10.6 Å². The van der Waals surface area contributed by atoms with E-state index in [0.717, 1.165) is 6.42 Å². The maximum absolute atomic E-state index is 12.9. The molecule has 0 aliphatic carbocycles. The quantitative estimate of drug-likeness (QED) is 0.773. The van der Waals surface area contributed by atoms with Gasteiger partial charge in [0.05, 0.1) is 11.1 Å². The molecule has 1 atom stereocenters. The summed E-state index contributed by atoms with van der Waals surface area (Å²) in [5.74, 6) is -0.859. The van der Waals surface area contributed by atoms with Gasteiger partial charge in [0, 0.05) is 24.7 Å². The number of carbonyl (C=O) groups is 1. The van der Waals surface area contributed by atoms with E-state index >= 15 is 0 Å². The topological polar surface area (TPSA) is 46.3 Å². The number of nitrogens with two attached hydrogens (primary N) is 1. The van der Waals surface area contributed by atoms with Gasteiger partial charge in [-0.1, -0.05) is 0 Å². The Kier molecular flexibility index (Phi) is 6.74. The monoisotopic (exact) mass is 390 g/mol. The van der Waals surface area contributed by atoms with Crippen LogP contribution in [0.2, 0.25) is 0 Å². The predicted molar refractivity (Wildman–Crippen MR) is 81.4 cm³/mol. The summed E-state index contributed by atoms with van der Waals surface area (Å²) in [4.78, 5) is 13.7. The van der Waals surface area contributed by atoms with Gasteiger partial charge in [-0.2, -0.15) is 26.3 Å². The van der Waals surface area contributed by atoms with Crippen LogP contribution in [0.1, 0.15) is 40.7 Å². The molecule has 2 rings (SSSR count). The van der Waals surface area contributed by atoms with E-state index in [9.17, 15) is 31.1 Å². The molecule has 1 fully saturated rings. The molecule has 1 heterocycles. The summed E-state index contributed by atoms with van der Waals surface area (Å²) in [5.41, 5.74) is 1.93. The summed E-state index contributed by atoms with van der Waals surface area (Å²) in [5, 5.41) is 0. The van der Waals surface area contributed by atoms with E-state index in [4.69, 9.17) is 5.73 Å². The normalized spacial score (nSPS) is 18.7. The van der Waals surface area contributed by atoms with Crippen LogP contribution in [0, 0.1) is 0 Å². The molecule has 1 saturated heterocycles. The average Bonchev–Trinajstić information content (AvgIpc) is 2.52. The number of carbonyl (C=O) groups excluding carboxylic acids is 1. The number of hydrogen-bond acceptors (Lipinski definition) is 2. The van der Waals surface area contributed by atoms with Crippen LogP contribution < -0.4 is 5.73 Å². The van der Waals surface area contributed by atoms with Crippen LogP contribution in [0.15, 0.2) is 18.2 Å². The fourth-order valence-electron chi connectivity index (χ4n) is 2.76. The highest BCUT2D eigenvalue weighted by Crippen LogP contribution is 2.36. The lowest BCUT2D eigenvalue weighted by atomic mass is 9.99. The van der Waals surface area contributed by atoms with Crippen molar-refractivity contribution in [3.63, 3.8) is 0 Å². The second kappa shape index (κ2) is 7.82.